The van der Waals surface area contributed by atoms with Gasteiger partial charge in [0.05, 0.1) is 23.1 Å². The van der Waals surface area contributed by atoms with Gasteiger partial charge in [0.25, 0.3) is 0 Å². The van der Waals surface area contributed by atoms with Gasteiger partial charge in [-0.1, -0.05) is 42.5 Å². The molecule has 11 nitrogen and oxygen atoms in total. The second-order valence-electron chi connectivity index (χ2n) is 8.48. The molecule has 0 aliphatic carbocycles. The number of nitrogen functional groups attached to an aromatic ring is 1. The fraction of sp³-hybridized carbons (Fsp3) is 0.269. The van der Waals surface area contributed by atoms with E-state index >= 15 is 0 Å². The monoisotopic (exact) mass is 507 g/mol. The molecule has 3 N–H and O–H groups in total. The van der Waals surface area contributed by atoms with Gasteiger partial charge in [0.2, 0.25) is 0 Å². The normalized spacial score (nSPS) is 19.6. The molecule has 0 amide bonds. The van der Waals surface area contributed by atoms with Crippen molar-refractivity contribution in [3.05, 3.63) is 94.0 Å². The van der Waals surface area contributed by atoms with Gasteiger partial charge < -0.3 is 25.1 Å². The number of benzene rings is 2. The van der Waals surface area contributed by atoms with Gasteiger partial charge in [-0.3, -0.25) is 9.36 Å². The van der Waals surface area contributed by atoms with Crippen molar-refractivity contribution in [2.24, 2.45) is 0 Å². The van der Waals surface area contributed by atoms with Crippen molar-refractivity contribution < 1.29 is 33.7 Å². The number of anilines is 1. The summed E-state index contributed by atoms with van der Waals surface area (Å²) in [6.07, 6.45) is -1.39. The molecule has 1 saturated heterocycles. The Hall–Kier alpha value is -4.51. The molecule has 1 aliphatic rings. The summed E-state index contributed by atoms with van der Waals surface area (Å²) in [6.45, 7) is 1.57. The molecule has 37 heavy (non-hydrogen) atoms. The molecular weight excluding hydrogens is 482 g/mol. The Labute approximate surface area is 211 Å². The first-order valence-electron chi connectivity index (χ1n) is 11.5. The van der Waals surface area contributed by atoms with E-state index in [9.17, 15) is 24.3 Å². The molecule has 4 rings (SSSR count). The number of esters is 2. The third-order valence-corrected chi connectivity index (χ3v) is 5.97. The lowest BCUT2D eigenvalue weighted by molar-refractivity contribution is -0.150. The number of carboxylic acid groups (broad SMARTS) is 1. The molecule has 2 heterocycles. The van der Waals surface area contributed by atoms with Crippen LogP contribution in [0.25, 0.3) is 0 Å². The number of aromatic nitrogens is 2. The zero-order valence-corrected chi connectivity index (χ0v) is 19.9. The average Bonchev–Trinajstić information content (AvgIpc) is 3.29. The number of hydrogen-bond acceptors (Lipinski definition) is 9. The SMILES string of the molecule is C[C@H](C(=O)OC[C@@H]1C[C@@H](OC(=O)c2ccccc2C(=O)O)[C@H](n2ccc(N)nc2=O)O1)c1ccccc1. The molecular formula is C26H25N3O8. The first-order valence-corrected chi connectivity index (χ1v) is 11.5. The van der Waals surface area contributed by atoms with Crippen LogP contribution in [0.15, 0.2) is 71.7 Å². The summed E-state index contributed by atoms with van der Waals surface area (Å²) in [5, 5.41) is 9.41. The molecule has 0 spiro atoms. The molecule has 192 valence electrons. The number of aromatic carboxylic acids is 1. The molecule has 0 radical (unpaired) electrons. The average molecular weight is 507 g/mol. The number of rotatable bonds is 8. The highest BCUT2D eigenvalue weighted by Gasteiger charge is 2.41. The van der Waals surface area contributed by atoms with E-state index in [2.05, 4.69) is 4.98 Å². The Kier molecular flexibility index (Phi) is 7.63. The first-order chi connectivity index (χ1) is 17.7. The fourth-order valence-electron chi connectivity index (χ4n) is 4.02. The number of nitrogens with two attached hydrogens (primary N) is 1. The molecule has 1 aromatic heterocycles. The maximum Gasteiger partial charge on any atom is 0.351 e. The van der Waals surface area contributed by atoms with Crippen molar-refractivity contribution in [3.63, 3.8) is 0 Å². The smallest absolute Gasteiger partial charge is 0.351 e. The Bertz CT molecular complexity index is 1360. The van der Waals surface area contributed by atoms with Crippen molar-refractivity contribution >= 4 is 23.7 Å². The second-order valence-corrected chi connectivity index (χ2v) is 8.48. The van der Waals surface area contributed by atoms with E-state index in [0.717, 1.165) is 10.1 Å². The van der Waals surface area contributed by atoms with Gasteiger partial charge in [0.15, 0.2) is 6.23 Å². The van der Waals surface area contributed by atoms with Gasteiger partial charge in [-0.05, 0) is 30.7 Å². The minimum Gasteiger partial charge on any atom is -0.478 e. The third-order valence-electron chi connectivity index (χ3n) is 5.97. The lowest BCUT2D eigenvalue weighted by Gasteiger charge is -2.21. The van der Waals surface area contributed by atoms with E-state index in [0.29, 0.717) is 0 Å². The number of carbonyl (C=O) groups is 3. The predicted molar refractivity (Wildman–Crippen MR) is 130 cm³/mol. The van der Waals surface area contributed by atoms with Crippen LogP contribution < -0.4 is 11.4 Å². The summed E-state index contributed by atoms with van der Waals surface area (Å²) in [4.78, 5) is 53.2. The molecule has 11 heteroatoms. The van der Waals surface area contributed by atoms with E-state index in [1.165, 1.54) is 36.5 Å². The quantitative estimate of drug-likeness (QED) is 0.433. The van der Waals surface area contributed by atoms with Crippen LogP contribution in [0.2, 0.25) is 0 Å². The number of hydrogen-bond donors (Lipinski definition) is 2. The maximum absolute atomic E-state index is 12.9. The van der Waals surface area contributed by atoms with E-state index in [1.807, 2.05) is 30.3 Å². The summed E-state index contributed by atoms with van der Waals surface area (Å²) < 4.78 is 18.1. The lowest BCUT2D eigenvalue weighted by atomic mass is 10.0. The van der Waals surface area contributed by atoms with Gasteiger partial charge in [0.1, 0.15) is 18.5 Å². The summed E-state index contributed by atoms with van der Waals surface area (Å²) in [5.74, 6) is -3.16. The summed E-state index contributed by atoms with van der Waals surface area (Å²) in [5.41, 5.74) is 5.27. The zero-order chi connectivity index (χ0) is 26.5. The molecule has 1 fully saturated rings. The fourth-order valence-corrected chi connectivity index (χ4v) is 4.02. The standard InChI is InChI=1S/C26H25N3O8/c1-15(16-7-3-2-4-8-16)24(32)35-14-17-13-20(22(36-17)29-12-11-21(27)28-26(29)34)37-25(33)19-10-6-5-9-18(19)23(30)31/h2-12,15,17,20,22H,13-14H2,1H3,(H,30,31)(H2,27,28,34)/t15-,17-,20+,22+/m0/s1. The van der Waals surface area contributed by atoms with Gasteiger partial charge in [-0.2, -0.15) is 4.98 Å². The van der Waals surface area contributed by atoms with Gasteiger partial charge >= 0.3 is 23.6 Å². The van der Waals surface area contributed by atoms with Crippen LogP contribution in [0, 0.1) is 0 Å². The third kappa shape index (κ3) is 5.84. The highest BCUT2D eigenvalue weighted by Crippen LogP contribution is 2.32. The zero-order valence-electron chi connectivity index (χ0n) is 19.9. The van der Waals surface area contributed by atoms with Gasteiger partial charge in [-0.25, -0.2) is 14.4 Å². The van der Waals surface area contributed by atoms with E-state index < -0.39 is 48.0 Å². The van der Waals surface area contributed by atoms with E-state index in [1.54, 1.807) is 6.92 Å². The predicted octanol–water partition coefficient (Wildman–Crippen LogP) is 2.38. The second kappa shape index (κ2) is 11.0. The molecule has 0 bridgehead atoms. The van der Waals surface area contributed by atoms with Crippen LogP contribution in [0.4, 0.5) is 5.82 Å². The Morgan fingerprint density at radius 1 is 1.11 bits per heavy atom. The van der Waals surface area contributed by atoms with Crippen LogP contribution >= 0.6 is 0 Å². The van der Waals surface area contributed by atoms with Crippen LogP contribution in [0.5, 0.6) is 0 Å². The number of nitrogens with zero attached hydrogens (tertiary/aromatic N) is 2. The van der Waals surface area contributed by atoms with Crippen molar-refractivity contribution in [2.75, 3.05) is 12.3 Å². The van der Waals surface area contributed by atoms with Crippen LogP contribution in [0.1, 0.15) is 51.8 Å². The topological polar surface area (TPSA) is 160 Å². The summed E-state index contributed by atoms with van der Waals surface area (Å²) in [6, 6.07) is 16.1. The van der Waals surface area contributed by atoms with Crippen molar-refractivity contribution in [1.29, 1.82) is 0 Å². The van der Waals surface area contributed by atoms with Crippen molar-refractivity contribution in [1.82, 2.24) is 9.55 Å². The van der Waals surface area contributed by atoms with Crippen LogP contribution in [-0.2, 0) is 19.0 Å². The molecule has 1 aliphatic heterocycles. The number of carboxylic acids is 1. The highest BCUT2D eigenvalue weighted by molar-refractivity contribution is 6.02. The van der Waals surface area contributed by atoms with Crippen LogP contribution in [0.3, 0.4) is 0 Å². The van der Waals surface area contributed by atoms with E-state index in [4.69, 9.17) is 19.9 Å². The summed E-state index contributed by atoms with van der Waals surface area (Å²) in [7, 11) is 0. The van der Waals surface area contributed by atoms with Crippen molar-refractivity contribution in [3.8, 4) is 0 Å². The Morgan fingerprint density at radius 2 is 1.78 bits per heavy atom. The Morgan fingerprint density at radius 3 is 2.46 bits per heavy atom. The number of ether oxygens (including phenoxy) is 3. The minimum atomic E-state index is -1.29. The maximum atomic E-state index is 12.9. The van der Waals surface area contributed by atoms with Crippen LogP contribution in [-0.4, -0.2) is 51.4 Å². The number of carbonyl (C=O) groups excluding carboxylic acids is 2. The van der Waals surface area contributed by atoms with Gasteiger partial charge in [0, 0.05) is 12.6 Å². The molecule has 4 atom stereocenters. The minimum absolute atomic E-state index is 0.00329. The Balaban J connectivity index is 1.51. The molecule has 2 aromatic carbocycles. The molecule has 3 aromatic rings. The van der Waals surface area contributed by atoms with E-state index in [-0.39, 0.29) is 30.0 Å². The lowest BCUT2D eigenvalue weighted by Crippen LogP contribution is -2.34. The highest BCUT2D eigenvalue weighted by atomic mass is 16.6. The summed E-state index contributed by atoms with van der Waals surface area (Å²) >= 11 is 0. The first kappa shape index (κ1) is 25.6. The molecule has 0 unspecified atom stereocenters. The molecule has 0 saturated carbocycles. The van der Waals surface area contributed by atoms with Crippen molar-refractivity contribution in [2.45, 2.75) is 37.7 Å². The largest absolute Gasteiger partial charge is 0.478 e. The van der Waals surface area contributed by atoms with Gasteiger partial charge in [-0.15, -0.1) is 0 Å².